The maximum absolute atomic E-state index is 11.5. The van der Waals surface area contributed by atoms with Crippen LogP contribution in [0.1, 0.15) is 34.9 Å². The van der Waals surface area contributed by atoms with Crippen LogP contribution in [0.25, 0.3) is 11.0 Å². The van der Waals surface area contributed by atoms with E-state index in [2.05, 4.69) is 4.98 Å². The van der Waals surface area contributed by atoms with E-state index in [-0.39, 0.29) is 18.1 Å². The van der Waals surface area contributed by atoms with Gasteiger partial charge in [0.15, 0.2) is 0 Å². The second-order valence-corrected chi connectivity index (χ2v) is 4.92. The van der Waals surface area contributed by atoms with Crippen molar-refractivity contribution in [3.05, 3.63) is 29.6 Å². The van der Waals surface area contributed by atoms with Crippen molar-refractivity contribution in [1.82, 2.24) is 9.55 Å². The number of benzene rings is 1. The molecule has 1 heterocycles. The summed E-state index contributed by atoms with van der Waals surface area (Å²) in [7, 11) is 1.35. The van der Waals surface area contributed by atoms with Crippen molar-refractivity contribution < 1.29 is 19.4 Å². The van der Waals surface area contributed by atoms with Gasteiger partial charge in [-0.1, -0.05) is 0 Å². The van der Waals surface area contributed by atoms with E-state index < -0.39 is 5.97 Å². The number of nitrogens with zero attached hydrogens (tertiary/aromatic N) is 2. The van der Waals surface area contributed by atoms with Crippen LogP contribution in [0.2, 0.25) is 0 Å². The first-order valence-electron chi connectivity index (χ1n) is 6.40. The van der Waals surface area contributed by atoms with E-state index in [9.17, 15) is 9.59 Å². The largest absolute Gasteiger partial charge is 0.478 e. The van der Waals surface area contributed by atoms with Gasteiger partial charge < -0.3 is 14.4 Å². The predicted molar refractivity (Wildman–Crippen MR) is 70.7 cm³/mol. The summed E-state index contributed by atoms with van der Waals surface area (Å²) in [6.45, 7) is 0.102. The molecule has 1 aromatic heterocycles. The van der Waals surface area contributed by atoms with Crippen molar-refractivity contribution in [3.63, 3.8) is 0 Å². The predicted octanol–water partition coefficient (Wildman–Crippen LogP) is 1.78. The Bertz CT molecular complexity index is 701. The molecule has 0 radical (unpaired) electrons. The zero-order valence-corrected chi connectivity index (χ0v) is 11.0. The average molecular weight is 274 g/mol. The van der Waals surface area contributed by atoms with Crippen LogP contribution in [0.15, 0.2) is 18.2 Å². The summed E-state index contributed by atoms with van der Waals surface area (Å²) in [4.78, 5) is 27.0. The number of ether oxygens (including phenoxy) is 1. The summed E-state index contributed by atoms with van der Waals surface area (Å²) >= 11 is 0. The molecule has 1 aromatic carbocycles. The minimum Gasteiger partial charge on any atom is -0.478 e. The fraction of sp³-hybridized carbons (Fsp3) is 0.357. The maximum Gasteiger partial charge on any atom is 0.335 e. The number of carbonyl (C=O) groups excluding carboxylic acids is 1. The summed E-state index contributed by atoms with van der Waals surface area (Å²) in [5.74, 6) is -0.121. The van der Waals surface area contributed by atoms with E-state index >= 15 is 0 Å². The highest BCUT2D eigenvalue weighted by Crippen LogP contribution is 2.40. The van der Waals surface area contributed by atoms with Crippen LogP contribution in [0.3, 0.4) is 0 Å². The molecule has 6 nitrogen and oxygen atoms in total. The highest BCUT2D eigenvalue weighted by molar-refractivity contribution is 5.92. The molecule has 0 saturated heterocycles. The number of imidazole rings is 1. The highest BCUT2D eigenvalue weighted by atomic mass is 16.5. The molecule has 3 rings (SSSR count). The van der Waals surface area contributed by atoms with Crippen molar-refractivity contribution in [2.75, 3.05) is 7.11 Å². The van der Waals surface area contributed by atoms with Crippen LogP contribution >= 0.6 is 0 Å². The van der Waals surface area contributed by atoms with Gasteiger partial charge in [-0.2, -0.15) is 0 Å². The van der Waals surface area contributed by atoms with E-state index in [0.29, 0.717) is 11.4 Å². The molecule has 20 heavy (non-hydrogen) atoms. The molecule has 1 aliphatic rings. The van der Waals surface area contributed by atoms with Crippen LogP contribution in [0.4, 0.5) is 0 Å². The SMILES string of the molecule is COC(=O)Cn1c(C2CC2)nc2cc(C(=O)O)ccc21. The van der Waals surface area contributed by atoms with Gasteiger partial charge in [0.1, 0.15) is 12.4 Å². The fourth-order valence-corrected chi connectivity index (χ4v) is 2.29. The molecule has 104 valence electrons. The third kappa shape index (κ3) is 2.13. The second kappa shape index (κ2) is 4.63. The van der Waals surface area contributed by atoms with Gasteiger partial charge in [0.2, 0.25) is 0 Å². The fourth-order valence-electron chi connectivity index (χ4n) is 2.29. The molecule has 1 saturated carbocycles. The minimum atomic E-state index is -0.984. The summed E-state index contributed by atoms with van der Waals surface area (Å²) in [6, 6.07) is 4.76. The zero-order valence-electron chi connectivity index (χ0n) is 11.0. The number of carboxylic acid groups (broad SMARTS) is 1. The first kappa shape index (κ1) is 12.7. The lowest BCUT2D eigenvalue weighted by Gasteiger charge is -2.06. The number of aromatic carboxylic acids is 1. The molecule has 0 spiro atoms. The first-order chi connectivity index (χ1) is 9.60. The third-order valence-electron chi connectivity index (χ3n) is 3.48. The van der Waals surface area contributed by atoms with Crippen molar-refractivity contribution in [2.24, 2.45) is 0 Å². The number of hydrogen-bond acceptors (Lipinski definition) is 4. The molecule has 0 amide bonds. The number of rotatable bonds is 4. The molecule has 0 aliphatic heterocycles. The number of esters is 1. The second-order valence-electron chi connectivity index (χ2n) is 4.92. The summed E-state index contributed by atoms with van der Waals surface area (Å²) in [5.41, 5.74) is 1.57. The number of carbonyl (C=O) groups is 2. The van der Waals surface area contributed by atoms with Gasteiger partial charge in [0, 0.05) is 5.92 Å². The summed E-state index contributed by atoms with van der Waals surface area (Å²) in [6.07, 6.45) is 2.10. The van der Waals surface area contributed by atoms with E-state index in [0.717, 1.165) is 24.2 Å². The van der Waals surface area contributed by atoms with E-state index in [1.165, 1.54) is 19.2 Å². The van der Waals surface area contributed by atoms with Crippen LogP contribution in [0, 0.1) is 0 Å². The van der Waals surface area contributed by atoms with Crippen molar-refractivity contribution in [1.29, 1.82) is 0 Å². The van der Waals surface area contributed by atoms with Crippen LogP contribution < -0.4 is 0 Å². The van der Waals surface area contributed by atoms with Gasteiger partial charge in [0.05, 0.1) is 23.7 Å². The Morgan fingerprint density at radius 2 is 2.20 bits per heavy atom. The Balaban J connectivity index is 2.12. The zero-order chi connectivity index (χ0) is 14.3. The quantitative estimate of drug-likeness (QED) is 0.859. The van der Waals surface area contributed by atoms with Gasteiger partial charge in [-0.25, -0.2) is 9.78 Å². The molecular weight excluding hydrogens is 260 g/mol. The van der Waals surface area contributed by atoms with Crippen molar-refractivity contribution in [2.45, 2.75) is 25.3 Å². The Morgan fingerprint density at radius 1 is 1.45 bits per heavy atom. The van der Waals surface area contributed by atoms with Gasteiger partial charge in [-0.3, -0.25) is 4.79 Å². The molecule has 6 heteroatoms. The van der Waals surface area contributed by atoms with E-state index in [1.807, 2.05) is 4.57 Å². The molecule has 2 aromatic rings. The molecule has 1 N–H and O–H groups in total. The number of hydrogen-bond donors (Lipinski definition) is 1. The monoisotopic (exact) mass is 274 g/mol. The van der Waals surface area contributed by atoms with Crippen LogP contribution in [-0.2, 0) is 16.1 Å². The first-order valence-corrected chi connectivity index (χ1v) is 6.40. The van der Waals surface area contributed by atoms with E-state index in [1.54, 1.807) is 6.07 Å². The summed E-state index contributed by atoms with van der Waals surface area (Å²) < 4.78 is 6.53. The standard InChI is InChI=1S/C14H14N2O4/c1-20-12(17)7-16-11-5-4-9(14(18)19)6-10(11)15-13(16)8-2-3-8/h4-6,8H,2-3,7H2,1H3,(H,18,19). The lowest BCUT2D eigenvalue weighted by molar-refractivity contribution is -0.141. The minimum absolute atomic E-state index is 0.102. The van der Waals surface area contributed by atoms with Crippen molar-refractivity contribution >= 4 is 23.0 Å². The number of fused-ring (bicyclic) bond motifs is 1. The van der Waals surface area contributed by atoms with E-state index in [4.69, 9.17) is 9.84 Å². The average Bonchev–Trinajstić information content (AvgIpc) is 3.22. The number of aromatic nitrogens is 2. The topological polar surface area (TPSA) is 81.4 Å². The molecule has 0 atom stereocenters. The Morgan fingerprint density at radius 3 is 2.80 bits per heavy atom. The van der Waals surface area contributed by atoms with Gasteiger partial charge in [-0.15, -0.1) is 0 Å². The van der Waals surface area contributed by atoms with Crippen molar-refractivity contribution in [3.8, 4) is 0 Å². The Kier molecular flexibility index (Phi) is 2.93. The third-order valence-corrected chi connectivity index (χ3v) is 3.48. The van der Waals surface area contributed by atoms with Crippen LogP contribution in [-0.4, -0.2) is 33.7 Å². The molecule has 1 aliphatic carbocycles. The molecule has 0 bridgehead atoms. The van der Waals surface area contributed by atoms with Crippen LogP contribution in [0.5, 0.6) is 0 Å². The molecule has 1 fully saturated rings. The Hall–Kier alpha value is -2.37. The lowest BCUT2D eigenvalue weighted by Crippen LogP contribution is -2.13. The highest BCUT2D eigenvalue weighted by Gasteiger charge is 2.30. The summed E-state index contributed by atoms with van der Waals surface area (Å²) in [5, 5.41) is 9.02. The van der Waals surface area contributed by atoms with Gasteiger partial charge in [-0.05, 0) is 31.0 Å². The van der Waals surface area contributed by atoms with Gasteiger partial charge >= 0.3 is 11.9 Å². The molecule has 0 unspecified atom stereocenters. The molecular formula is C14H14N2O4. The Labute approximate surface area is 115 Å². The number of carboxylic acids is 1. The maximum atomic E-state index is 11.5. The number of methoxy groups -OCH3 is 1. The lowest BCUT2D eigenvalue weighted by atomic mass is 10.2. The smallest absolute Gasteiger partial charge is 0.335 e. The van der Waals surface area contributed by atoms with Gasteiger partial charge in [0.25, 0.3) is 0 Å². The normalized spacial score (nSPS) is 14.4.